The van der Waals surface area contributed by atoms with Crippen molar-refractivity contribution in [2.45, 2.75) is 32.8 Å². The first-order chi connectivity index (χ1) is 11.5. The van der Waals surface area contributed by atoms with Gasteiger partial charge in [0.15, 0.2) is 6.10 Å². The summed E-state index contributed by atoms with van der Waals surface area (Å²) in [6.07, 6.45) is 1.05. The Bertz CT molecular complexity index is 795. The van der Waals surface area contributed by atoms with Gasteiger partial charge < -0.3 is 19.0 Å². The molecule has 0 bridgehead atoms. The quantitative estimate of drug-likeness (QED) is 0.912. The van der Waals surface area contributed by atoms with Gasteiger partial charge in [-0.1, -0.05) is 13.8 Å². The fourth-order valence-electron chi connectivity index (χ4n) is 2.59. The number of carbonyl (C=O) groups is 1. The van der Waals surface area contributed by atoms with Gasteiger partial charge in [0, 0.05) is 18.7 Å². The van der Waals surface area contributed by atoms with E-state index in [9.17, 15) is 9.59 Å². The van der Waals surface area contributed by atoms with Gasteiger partial charge in [0.2, 0.25) is 11.8 Å². The van der Waals surface area contributed by atoms with Gasteiger partial charge in [-0.05, 0) is 18.6 Å². The van der Waals surface area contributed by atoms with E-state index in [4.69, 9.17) is 9.15 Å². The molecule has 8 nitrogen and oxygen atoms in total. The van der Waals surface area contributed by atoms with Crippen molar-refractivity contribution in [3.8, 4) is 0 Å². The zero-order valence-electron chi connectivity index (χ0n) is 13.9. The molecule has 1 aliphatic heterocycles. The van der Waals surface area contributed by atoms with Crippen molar-refractivity contribution in [2.24, 2.45) is 0 Å². The van der Waals surface area contributed by atoms with E-state index in [1.807, 2.05) is 13.8 Å². The number of aromatic amines is 1. The zero-order chi connectivity index (χ0) is 17.3. The molecule has 1 atom stereocenters. The lowest BCUT2D eigenvalue weighted by Crippen LogP contribution is -2.44. The molecule has 3 rings (SSSR count). The van der Waals surface area contributed by atoms with Crippen LogP contribution in [0.5, 0.6) is 0 Å². The van der Waals surface area contributed by atoms with Crippen LogP contribution < -0.4 is 5.56 Å². The van der Waals surface area contributed by atoms with Crippen molar-refractivity contribution in [3.63, 3.8) is 0 Å². The molecule has 0 radical (unpaired) electrons. The number of H-pyrrole nitrogens is 1. The number of hydrogen-bond donors (Lipinski definition) is 1. The number of rotatable bonds is 3. The number of morpholine rings is 1. The summed E-state index contributed by atoms with van der Waals surface area (Å²) in [5.74, 6) is 0.701. The standard InChI is InChI=1S/C16H20N4O4/c1-9(2)14-18-19-15(24-14)11-8-20(6-7-23-11)16(22)12-10(3)4-5-17-13(12)21/h4-5,9,11H,6-8H2,1-3H3,(H,17,21)/t11-/m0/s1. The van der Waals surface area contributed by atoms with Crippen molar-refractivity contribution in [2.75, 3.05) is 19.7 Å². The van der Waals surface area contributed by atoms with Crippen LogP contribution >= 0.6 is 0 Å². The summed E-state index contributed by atoms with van der Waals surface area (Å²) in [5, 5.41) is 8.01. The SMILES string of the molecule is Cc1cc[nH]c(=O)c1C(=O)N1CCO[C@H](c2nnc(C(C)C)o2)C1. The molecule has 0 aliphatic carbocycles. The Balaban J connectivity index is 1.80. The number of aromatic nitrogens is 3. The van der Waals surface area contributed by atoms with E-state index >= 15 is 0 Å². The molecule has 8 heteroatoms. The Morgan fingerprint density at radius 1 is 1.42 bits per heavy atom. The van der Waals surface area contributed by atoms with Crippen LogP contribution in [-0.4, -0.2) is 45.7 Å². The molecule has 0 saturated carbocycles. The van der Waals surface area contributed by atoms with Crippen LogP contribution in [0, 0.1) is 6.92 Å². The number of aryl methyl sites for hydroxylation is 1. The first-order valence-electron chi connectivity index (χ1n) is 7.90. The smallest absolute Gasteiger partial charge is 0.261 e. The van der Waals surface area contributed by atoms with E-state index in [1.165, 1.54) is 6.20 Å². The van der Waals surface area contributed by atoms with E-state index in [1.54, 1.807) is 17.9 Å². The van der Waals surface area contributed by atoms with Crippen molar-refractivity contribution < 1.29 is 13.9 Å². The Labute approximate surface area is 138 Å². The predicted octanol–water partition coefficient (Wildman–Crippen LogP) is 1.40. The molecule has 2 aromatic heterocycles. The van der Waals surface area contributed by atoms with Gasteiger partial charge in [-0.25, -0.2) is 0 Å². The maximum atomic E-state index is 12.7. The summed E-state index contributed by atoms with van der Waals surface area (Å²) in [7, 11) is 0. The van der Waals surface area contributed by atoms with Crippen molar-refractivity contribution in [3.05, 3.63) is 45.5 Å². The number of nitrogens with zero attached hydrogens (tertiary/aromatic N) is 3. The Morgan fingerprint density at radius 3 is 2.88 bits per heavy atom. The minimum atomic E-state index is -0.481. The zero-order valence-corrected chi connectivity index (χ0v) is 13.9. The van der Waals surface area contributed by atoms with E-state index in [0.29, 0.717) is 30.5 Å². The van der Waals surface area contributed by atoms with Crippen molar-refractivity contribution in [1.29, 1.82) is 0 Å². The van der Waals surface area contributed by atoms with Gasteiger partial charge in [-0.3, -0.25) is 9.59 Å². The molecule has 24 heavy (non-hydrogen) atoms. The first kappa shape index (κ1) is 16.4. The average Bonchev–Trinajstić information content (AvgIpc) is 3.05. The van der Waals surface area contributed by atoms with Gasteiger partial charge in [0.1, 0.15) is 5.56 Å². The summed E-state index contributed by atoms with van der Waals surface area (Å²) in [4.78, 5) is 28.8. The molecule has 1 fully saturated rings. The molecular weight excluding hydrogens is 312 g/mol. The van der Waals surface area contributed by atoms with E-state index < -0.39 is 6.10 Å². The van der Waals surface area contributed by atoms with Crippen molar-refractivity contribution in [1.82, 2.24) is 20.1 Å². The third kappa shape index (κ3) is 3.09. The molecule has 0 unspecified atom stereocenters. The van der Waals surface area contributed by atoms with Gasteiger partial charge >= 0.3 is 0 Å². The van der Waals surface area contributed by atoms with Gasteiger partial charge in [0.05, 0.1) is 13.2 Å². The lowest BCUT2D eigenvalue weighted by atomic mass is 10.1. The van der Waals surface area contributed by atoms with Crippen molar-refractivity contribution >= 4 is 5.91 Å². The predicted molar refractivity (Wildman–Crippen MR) is 84.8 cm³/mol. The van der Waals surface area contributed by atoms with Crippen LogP contribution in [0.1, 0.15) is 53.6 Å². The van der Waals surface area contributed by atoms with Crippen LogP contribution in [-0.2, 0) is 4.74 Å². The highest BCUT2D eigenvalue weighted by atomic mass is 16.5. The number of carbonyl (C=O) groups excluding carboxylic acids is 1. The monoisotopic (exact) mass is 332 g/mol. The van der Waals surface area contributed by atoms with Gasteiger partial charge in [-0.15, -0.1) is 10.2 Å². The highest BCUT2D eigenvalue weighted by Gasteiger charge is 2.31. The fourth-order valence-corrected chi connectivity index (χ4v) is 2.59. The maximum absolute atomic E-state index is 12.7. The molecule has 1 N–H and O–H groups in total. The van der Waals surface area contributed by atoms with Crippen LogP contribution in [0.3, 0.4) is 0 Å². The summed E-state index contributed by atoms with van der Waals surface area (Å²) >= 11 is 0. The number of nitrogens with one attached hydrogen (secondary N) is 1. The molecular formula is C16H20N4O4. The van der Waals surface area contributed by atoms with E-state index in [2.05, 4.69) is 15.2 Å². The van der Waals surface area contributed by atoms with Gasteiger partial charge in [-0.2, -0.15) is 0 Å². The lowest BCUT2D eigenvalue weighted by molar-refractivity contribution is -0.0351. The number of hydrogen-bond acceptors (Lipinski definition) is 6. The molecule has 128 valence electrons. The summed E-state index contributed by atoms with van der Waals surface area (Å²) in [5.41, 5.74) is 0.418. The Hall–Kier alpha value is -2.48. The molecule has 1 aliphatic rings. The van der Waals surface area contributed by atoms with Gasteiger partial charge in [0.25, 0.3) is 11.5 Å². The highest BCUT2D eigenvalue weighted by Crippen LogP contribution is 2.24. The Kier molecular flexibility index (Phi) is 4.48. The third-order valence-corrected chi connectivity index (χ3v) is 3.96. The number of ether oxygens (including phenoxy) is 1. The number of amides is 1. The highest BCUT2D eigenvalue weighted by molar-refractivity contribution is 5.95. The number of pyridine rings is 1. The second kappa shape index (κ2) is 6.56. The fraction of sp³-hybridized carbons (Fsp3) is 0.500. The minimum Gasteiger partial charge on any atom is -0.422 e. The molecule has 1 saturated heterocycles. The van der Waals surface area contributed by atoms with Crippen LogP contribution in [0.25, 0.3) is 0 Å². The normalized spacial score (nSPS) is 18.2. The van der Waals surface area contributed by atoms with Crippen LogP contribution in [0.4, 0.5) is 0 Å². The first-order valence-corrected chi connectivity index (χ1v) is 7.90. The molecule has 1 amide bonds. The van der Waals surface area contributed by atoms with E-state index in [-0.39, 0.29) is 29.5 Å². The third-order valence-electron chi connectivity index (χ3n) is 3.96. The average molecular weight is 332 g/mol. The summed E-state index contributed by atoms with van der Waals surface area (Å²) in [6, 6.07) is 1.71. The maximum Gasteiger partial charge on any atom is 0.261 e. The minimum absolute atomic E-state index is 0.123. The largest absolute Gasteiger partial charge is 0.422 e. The summed E-state index contributed by atoms with van der Waals surface area (Å²) in [6.45, 7) is 6.69. The second-order valence-corrected chi connectivity index (χ2v) is 6.11. The summed E-state index contributed by atoms with van der Waals surface area (Å²) < 4.78 is 11.3. The lowest BCUT2D eigenvalue weighted by Gasteiger charge is -2.31. The topological polar surface area (TPSA) is 101 Å². The second-order valence-electron chi connectivity index (χ2n) is 6.11. The molecule has 3 heterocycles. The molecule has 2 aromatic rings. The molecule has 0 aromatic carbocycles. The van der Waals surface area contributed by atoms with Crippen LogP contribution in [0.15, 0.2) is 21.5 Å². The Morgan fingerprint density at radius 2 is 2.21 bits per heavy atom. The van der Waals surface area contributed by atoms with E-state index in [0.717, 1.165) is 0 Å². The van der Waals surface area contributed by atoms with Crippen LogP contribution in [0.2, 0.25) is 0 Å². The molecule has 0 spiro atoms.